The molecule has 0 spiro atoms. The lowest BCUT2D eigenvalue weighted by Crippen LogP contribution is -1.82. The molecule has 0 aromatic rings. The van der Waals surface area contributed by atoms with Crippen molar-refractivity contribution in [3.8, 4) is 0 Å². The second-order valence-corrected chi connectivity index (χ2v) is 6.55. The van der Waals surface area contributed by atoms with Crippen molar-refractivity contribution < 1.29 is 0 Å². The normalized spacial score (nSPS) is 13.4. The third-order valence-corrected chi connectivity index (χ3v) is 3.87. The van der Waals surface area contributed by atoms with Crippen LogP contribution in [0.4, 0.5) is 0 Å². The molecule has 0 amide bonds. The highest BCUT2D eigenvalue weighted by atomic mass is 14.0. The van der Waals surface area contributed by atoms with Crippen LogP contribution < -0.4 is 0 Å². The third-order valence-electron chi connectivity index (χ3n) is 3.87. The van der Waals surface area contributed by atoms with E-state index in [0.29, 0.717) is 0 Å². The first kappa shape index (κ1) is 20.7. The Morgan fingerprint density at radius 2 is 1.00 bits per heavy atom. The van der Waals surface area contributed by atoms with Crippen LogP contribution in [0.25, 0.3) is 0 Å². The maximum atomic E-state index is 3.95. The topological polar surface area (TPSA) is 0 Å². The molecule has 0 heterocycles. The van der Waals surface area contributed by atoms with E-state index in [-0.39, 0.29) is 0 Å². The van der Waals surface area contributed by atoms with Gasteiger partial charge >= 0.3 is 0 Å². The molecule has 0 nitrogen and oxygen atoms in total. The zero-order valence-electron chi connectivity index (χ0n) is 15.4. The molecule has 0 radical (unpaired) electrons. The maximum Gasteiger partial charge on any atom is -0.0288 e. The van der Waals surface area contributed by atoms with E-state index in [1.165, 1.54) is 48.0 Å². The van der Waals surface area contributed by atoms with Crippen molar-refractivity contribution in [3.05, 3.63) is 59.8 Å². The summed E-state index contributed by atoms with van der Waals surface area (Å²) in [6.07, 6.45) is 18.3. The van der Waals surface area contributed by atoms with Gasteiger partial charge in [-0.05, 0) is 79.1 Å². The van der Waals surface area contributed by atoms with E-state index < -0.39 is 0 Å². The van der Waals surface area contributed by atoms with Gasteiger partial charge in [-0.1, -0.05) is 46.6 Å². The second-order valence-electron chi connectivity index (χ2n) is 6.55. The minimum Gasteiger partial charge on any atom is -0.103 e. The summed E-state index contributed by atoms with van der Waals surface area (Å²) in [7, 11) is 0. The van der Waals surface area contributed by atoms with E-state index >= 15 is 0 Å². The quantitative estimate of drug-likeness (QED) is 0.324. The predicted molar refractivity (Wildman–Crippen MR) is 103 cm³/mol. The molecule has 0 atom stereocenters. The fourth-order valence-corrected chi connectivity index (χ4v) is 2.29. The average molecular weight is 301 g/mol. The molecule has 0 N–H and O–H groups in total. The lowest BCUT2D eigenvalue weighted by molar-refractivity contribution is 0.893. The van der Waals surface area contributed by atoms with Crippen LogP contribution in [0.5, 0.6) is 0 Å². The van der Waals surface area contributed by atoms with E-state index in [9.17, 15) is 0 Å². The van der Waals surface area contributed by atoms with Gasteiger partial charge in [0.05, 0.1) is 0 Å². The summed E-state index contributed by atoms with van der Waals surface area (Å²) < 4.78 is 0. The van der Waals surface area contributed by atoms with Crippen molar-refractivity contribution in [2.75, 3.05) is 0 Å². The molecule has 0 heteroatoms. The molecule has 0 aromatic heterocycles. The zero-order valence-corrected chi connectivity index (χ0v) is 15.4. The highest BCUT2D eigenvalue weighted by Gasteiger charge is 1.93. The number of rotatable bonds is 12. The van der Waals surface area contributed by atoms with Gasteiger partial charge in [-0.2, -0.15) is 0 Å². The summed E-state index contributed by atoms with van der Waals surface area (Å²) in [5.41, 5.74) is 5.79. The Morgan fingerprint density at radius 1 is 0.636 bits per heavy atom. The monoisotopic (exact) mass is 300 g/mol. The van der Waals surface area contributed by atoms with Crippen molar-refractivity contribution in [2.24, 2.45) is 0 Å². The highest BCUT2D eigenvalue weighted by Crippen LogP contribution is 2.14. The lowest BCUT2D eigenvalue weighted by Gasteiger charge is -2.02. The van der Waals surface area contributed by atoms with E-state index in [1.54, 1.807) is 0 Å². The summed E-state index contributed by atoms with van der Waals surface area (Å²) in [6.45, 7) is 16.5. The third kappa shape index (κ3) is 13.7. The first-order chi connectivity index (χ1) is 10.5. The Hall–Kier alpha value is -1.30. The van der Waals surface area contributed by atoms with Gasteiger partial charge in [0, 0.05) is 0 Å². The van der Waals surface area contributed by atoms with Crippen LogP contribution in [0.1, 0.15) is 79.1 Å². The Kier molecular flexibility index (Phi) is 12.6. The van der Waals surface area contributed by atoms with Crippen LogP contribution >= 0.6 is 0 Å². The lowest BCUT2D eigenvalue weighted by atomic mass is 10.0. The van der Waals surface area contributed by atoms with Gasteiger partial charge in [-0.25, -0.2) is 0 Å². The van der Waals surface area contributed by atoms with Gasteiger partial charge in [0.1, 0.15) is 0 Å². The van der Waals surface area contributed by atoms with E-state index in [2.05, 4.69) is 59.1 Å². The average Bonchev–Trinajstić information content (AvgIpc) is 2.44. The molecule has 0 saturated heterocycles. The van der Waals surface area contributed by atoms with Crippen LogP contribution in [0.2, 0.25) is 0 Å². The SMILES string of the molecule is C=CCC/C(C)=C/CC/C(C)=C/CC/C(C)=C/CCC(=C)C. The van der Waals surface area contributed by atoms with Crippen molar-refractivity contribution in [1.29, 1.82) is 0 Å². The molecule has 0 fully saturated rings. The maximum absolute atomic E-state index is 3.95. The zero-order chi connectivity index (χ0) is 16.8. The minimum absolute atomic E-state index is 1.09. The molecule has 22 heavy (non-hydrogen) atoms. The summed E-state index contributed by atoms with van der Waals surface area (Å²) in [4.78, 5) is 0. The predicted octanol–water partition coefficient (Wildman–Crippen LogP) is 7.71. The van der Waals surface area contributed by atoms with E-state index in [4.69, 9.17) is 0 Å². The Bertz CT molecular complexity index is 415. The largest absolute Gasteiger partial charge is 0.103 e. The summed E-state index contributed by atoms with van der Waals surface area (Å²) in [5, 5.41) is 0. The van der Waals surface area contributed by atoms with Crippen LogP contribution in [0, 0.1) is 0 Å². The Morgan fingerprint density at radius 3 is 1.36 bits per heavy atom. The molecule has 0 saturated carbocycles. The molecule has 0 aliphatic rings. The van der Waals surface area contributed by atoms with Crippen molar-refractivity contribution >= 4 is 0 Å². The molecule has 0 aliphatic carbocycles. The molecular weight excluding hydrogens is 264 g/mol. The summed E-state index contributed by atoms with van der Waals surface area (Å²) >= 11 is 0. The van der Waals surface area contributed by atoms with Gasteiger partial charge in [-0.3, -0.25) is 0 Å². The number of allylic oxidation sites excluding steroid dienone is 8. The van der Waals surface area contributed by atoms with Gasteiger partial charge < -0.3 is 0 Å². The smallest absolute Gasteiger partial charge is 0.0288 e. The summed E-state index contributed by atoms with van der Waals surface area (Å²) in [5.74, 6) is 0. The molecule has 0 unspecified atom stereocenters. The summed E-state index contributed by atoms with van der Waals surface area (Å²) in [6, 6.07) is 0. The van der Waals surface area contributed by atoms with Crippen LogP contribution in [0.15, 0.2) is 59.8 Å². The molecular formula is C22H36. The van der Waals surface area contributed by atoms with Gasteiger partial charge in [-0.15, -0.1) is 13.2 Å². The minimum atomic E-state index is 1.09. The Balaban J connectivity index is 3.93. The van der Waals surface area contributed by atoms with Crippen molar-refractivity contribution in [1.82, 2.24) is 0 Å². The van der Waals surface area contributed by atoms with E-state index in [0.717, 1.165) is 25.7 Å². The molecule has 0 aromatic carbocycles. The molecule has 0 bridgehead atoms. The van der Waals surface area contributed by atoms with Gasteiger partial charge in [0.25, 0.3) is 0 Å². The molecule has 0 aliphatic heterocycles. The molecule has 124 valence electrons. The van der Waals surface area contributed by atoms with Gasteiger partial charge in [0.15, 0.2) is 0 Å². The number of hydrogen-bond donors (Lipinski definition) is 0. The Labute approximate surface area is 139 Å². The second kappa shape index (κ2) is 13.4. The van der Waals surface area contributed by atoms with Crippen LogP contribution in [-0.2, 0) is 0 Å². The molecule has 0 rings (SSSR count). The first-order valence-electron chi connectivity index (χ1n) is 8.68. The van der Waals surface area contributed by atoms with Gasteiger partial charge in [0.2, 0.25) is 0 Å². The van der Waals surface area contributed by atoms with Crippen LogP contribution in [-0.4, -0.2) is 0 Å². The highest BCUT2D eigenvalue weighted by molar-refractivity contribution is 5.06. The van der Waals surface area contributed by atoms with Crippen molar-refractivity contribution in [2.45, 2.75) is 79.1 Å². The van der Waals surface area contributed by atoms with Crippen LogP contribution in [0.3, 0.4) is 0 Å². The first-order valence-corrected chi connectivity index (χ1v) is 8.68. The number of hydrogen-bond acceptors (Lipinski definition) is 0. The standard InChI is InChI=1S/C22H36/c1-7-8-13-20(4)15-10-17-22(6)18-11-16-21(5)14-9-12-19(2)3/h7,14-15,18H,1-2,8-13,16-17H2,3-6H3/b20-15+,21-14+,22-18+. The fraction of sp³-hybridized carbons (Fsp3) is 0.545. The van der Waals surface area contributed by atoms with E-state index in [1.807, 2.05) is 6.08 Å². The fourth-order valence-electron chi connectivity index (χ4n) is 2.29. The van der Waals surface area contributed by atoms with Crippen molar-refractivity contribution in [3.63, 3.8) is 0 Å².